The molecule has 2 unspecified atom stereocenters. The van der Waals surface area contributed by atoms with E-state index in [1.165, 1.54) is 0 Å². The zero-order valence-corrected chi connectivity index (χ0v) is 17.1. The number of hydrogen-bond acceptors (Lipinski definition) is 2. The fourth-order valence-corrected chi connectivity index (χ4v) is 3.26. The summed E-state index contributed by atoms with van der Waals surface area (Å²) in [4.78, 5) is 0. The summed E-state index contributed by atoms with van der Waals surface area (Å²) in [7, 11) is 4.80. The molecular weight excluding hydrogens is 279 g/mol. The average Bonchev–Trinajstić information content (AvgIpc) is 2.22. The van der Waals surface area contributed by atoms with Gasteiger partial charge in [0.25, 0.3) is 0 Å². The van der Waals surface area contributed by atoms with Crippen molar-refractivity contribution in [1.82, 2.24) is 0 Å². The van der Waals surface area contributed by atoms with Crippen molar-refractivity contribution in [3.05, 3.63) is 0 Å². The van der Waals surface area contributed by atoms with Crippen molar-refractivity contribution < 1.29 is 9.47 Å². The van der Waals surface area contributed by atoms with Gasteiger partial charge in [0.15, 0.2) is 0 Å². The third kappa shape index (κ3) is 8.53. The normalized spacial score (nSPS) is 16.9. The maximum absolute atomic E-state index is 6.29. The van der Waals surface area contributed by atoms with Crippen LogP contribution in [0.15, 0.2) is 0 Å². The molecule has 0 aromatic heterocycles. The van der Waals surface area contributed by atoms with Gasteiger partial charge in [0.1, 0.15) is 0 Å². The van der Waals surface area contributed by atoms with Gasteiger partial charge >= 0.3 is 0 Å². The lowest BCUT2D eigenvalue weighted by atomic mass is 9.77. The molecule has 0 aromatic rings. The van der Waals surface area contributed by atoms with Crippen molar-refractivity contribution in [1.29, 1.82) is 0 Å². The van der Waals surface area contributed by atoms with Gasteiger partial charge in [-0.15, -0.1) is 9.24 Å². The van der Waals surface area contributed by atoms with Crippen LogP contribution in [0.3, 0.4) is 0 Å². The van der Waals surface area contributed by atoms with E-state index in [-0.39, 0.29) is 16.2 Å². The summed E-state index contributed by atoms with van der Waals surface area (Å²) >= 11 is 0. The molecule has 128 valence electrons. The van der Waals surface area contributed by atoms with Crippen LogP contribution in [0.5, 0.6) is 0 Å². The maximum Gasteiger partial charge on any atom is 0.0714 e. The molecule has 0 aromatic carbocycles. The molecule has 0 bridgehead atoms. The van der Waals surface area contributed by atoms with Gasteiger partial charge in [-0.1, -0.05) is 41.5 Å². The third-order valence-electron chi connectivity index (χ3n) is 4.50. The van der Waals surface area contributed by atoms with Gasteiger partial charge in [-0.25, -0.2) is 0 Å². The molecule has 0 radical (unpaired) electrons. The smallest absolute Gasteiger partial charge is 0.0714 e. The van der Waals surface area contributed by atoms with Gasteiger partial charge in [-0.05, 0) is 43.9 Å². The van der Waals surface area contributed by atoms with Crippen LogP contribution >= 0.6 is 9.24 Å². The molecule has 0 saturated carbocycles. The lowest BCUT2D eigenvalue weighted by molar-refractivity contribution is -0.0611. The molecule has 0 amide bonds. The second-order valence-electron chi connectivity index (χ2n) is 9.17. The lowest BCUT2D eigenvalue weighted by Gasteiger charge is -2.45. The fraction of sp³-hybridized carbons (Fsp3) is 1.00. The van der Waals surface area contributed by atoms with Gasteiger partial charge in [-0.3, -0.25) is 0 Å². The summed E-state index contributed by atoms with van der Waals surface area (Å²) in [5.74, 6) is 0. The van der Waals surface area contributed by atoms with Crippen molar-refractivity contribution in [2.75, 3.05) is 20.3 Å². The minimum atomic E-state index is -0.151. The molecule has 0 saturated heterocycles. The van der Waals surface area contributed by atoms with Crippen molar-refractivity contribution in [2.45, 2.75) is 85.4 Å². The lowest BCUT2D eigenvalue weighted by Crippen LogP contribution is -2.47. The van der Waals surface area contributed by atoms with Crippen molar-refractivity contribution in [3.63, 3.8) is 0 Å². The first-order valence-corrected chi connectivity index (χ1v) is 8.72. The van der Waals surface area contributed by atoms with Gasteiger partial charge < -0.3 is 9.47 Å². The minimum absolute atomic E-state index is 0.0714. The second kappa shape index (κ2) is 7.75. The Bertz CT molecular complexity index is 301. The molecule has 0 spiro atoms. The van der Waals surface area contributed by atoms with Gasteiger partial charge in [0.05, 0.1) is 5.60 Å². The van der Waals surface area contributed by atoms with E-state index in [1.807, 2.05) is 0 Å². The molecule has 0 aliphatic carbocycles. The van der Waals surface area contributed by atoms with E-state index in [0.717, 1.165) is 32.5 Å². The van der Waals surface area contributed by atoms with Crippen LogP contribution in [0.4, 0.5) is 0 Å². The van der Waals surface area contributed by atoms with E-state index >= 15 is 0 Å². The van der Waals surface area contributed by atoms with Gasteiger partial charge in [-0.2, -0.15) is 0 Å². The zero-order chi connectivity index (χ0) is 16.9. The van der Waals surface area contributed by atoms with Crippen LogP contribution in [-0.4, -0.2) is 31.1 Å². The highest BCUT2D eigenvalue weighted by molar-refractivity contribution is 7.19. The molecule has 0 aliphatic rings. The van der Waals surface area contributed by atoms with Crippen LogP contribution in [0.25, 0.3) is 0 Å². The fourth-order valence-electron chi connectivity index (χ4n) is 2.57. The molecule has 21 heavy (non-hydrogen) atoms. The molecule has 2 nitrogen and oxygen atoms in total. The Hall–Kier alpha value is 0.350. The first-order valence-electron chi connectivity index (χ1n) is 8.14. The number of ether oxygens (including phenoxy) is 2. The van der Waals surface area contributed by atoms with E-state index < -0.39 is 0 Å². The Morgan fingerprint density at radius 2 is 1.29 bits per heavy atom. The van der Waals surface area contributed by atoms with Crippen LogP contribution in [0.2, 0.25) is 0 Å². The molecule has 0 rings (SSSR count). The highest BCUT2D eigenvalue weighted by Crippen LogP contribution is 2.43. The Kier molecular flexibility index (Phi) is 7.88. The summed E-state index contributed by atoms with van der Waals surface area (Å²) in [6.07, 6.45) is 3.26. The van der Waals surface area contributed by atoms with E-state index in [2.05, 4.69) is 64.6 Å². The van der Waals surface area contributed by atoms with Crippen molar-refractivity contribution in [3.8, 4) is 0 Å². The van der Waals surface area contributed by atoms with Gasteiger partial charge in [0.2, 0.25) is 0 Å². The number of rotatable bonds is 9. The monoisotopic (exact) mass is 318 g/mol. The largest absolute Gasteiger partial charge is 0.385 e. The maximum atomic E-state index is 6.29. The highest BCUT2D eigenvalue weighted by atomic mass is 31.0. The zero-order valence-electron chi connectivity index (χ0n) is 15.9. The van der Waals surface area contributed by atoms with Crippen LogP contribution in [0, 0.1) is 10.8 Å². The van der Waals surface area contributed by atoms with Crippen LogP contribution in [0.1, 0.15) is 74.7 Å². The van der Waals surface area contributed by atoms with Crippen molar-refractivity contribution >= 4 is 9.24 Å². The van der Waals surface area contributed by atoms with Gasteiger partial charge in [0, 0.05) is 25.5 Å². The summed E-state index contributed by atoms with van der Waals surface area (Å²) in [6, 6.07) is 0. The Balaban J connectivity index is 4.48. The molecule has 0 heterocycles. The highest BCUT2D eigenvalue weighted by Gasteiger charge is 2.41. The van der Waals surface area contributed by atoms with Crippen molar-refractivity contribution in [2.24, 2.45) is 10.8 Å². The topological polar surface area (TPSA) is 18.5 Å². The minimum Gasteiger partial charge on any atom is -0.385 e. The Morgan fingerprint density at radius 3 is 1.71 bits per heavy atom. The Morgan fingerprint density at radius 1 is 0.810 bits per heavy atom. The first kappa shape index (κ1) is 21.4. The Labute approximate surface area is 136 Å². The van der Waals surface area contributed by atoms with E-state index in [1.54, 1.807) is 7.11 Å². The summed E-state index contributed by atoms with van der Waals surface area (Å²) < 4.78 is 11.5. The predicted octanol–water partition coefficient (Wildman–Crippen LogP) is 5.30. The quantitative estimate of drug-likeness (QED) is 0.537. The molecule has 0 fully saturated rings. The SMILES string of the molecule is COCCC(C)(C)CCOC(C)(C)C(C)(P)CC(C)(C)C. The second-order valence-corrected chi connectivity index (χ2v) is 10.4. The van der Waals surface area contributed by atoms with Crippen LogP contribution in [-0.2, 0) is 9.47 Å². The van der Waals surface area contributed by atoms with E-state index in [4.69, 9.17) is 9.47 Å². The predicted molar refractivity (Wildman–Crippen MR) is 97.1 cm³/mol. The summed E-state index contributed by atoms with van der Waals surface area (Å²) in [5, 5.41) is 0.0714. The molecule has 3 heteroatoms. The number of hydrogen-bond donors (Lipinski definition) is 0. The standard InChI is InChI=1S/C18H39O2P/c1-15(2,3)14-18(8,21)17(6,7)20-13-11-16(4,5)10-12-19-9/h10-14,21H2,1-9H3. The van der Waals surface area contributed by atoms with E-state index in [0.29, 0.717) is 5.41 Å². The number of methoxy groups -OCH3 is 1. The molecule has 2 atom stereocenters. The van der Waals surface area contributed by atoms with Crippen LogP contribution < -0.4 is 0 Å². The molecule has 0 aliphatic heterocycles. The first-order chi connectivity index (χ1) is 9.22. The molecule has 0 N–H and O–H groups in total. The average molecular weight is 318 g/mol. The summed E-state index contributed by atoms with van der Waals surface area (Å²) in [6.45, 7) is 19.8. The third-order valence-corrected chi connectivity index (χ3v) is 5.40. The summed E-state index contributed by atoms with van der Waals surface area (Å²) in [5.41, 5.74) is 0.421. The molecular formula is C18H39O2P. The van der Waals surface area contributed by atoms with E-state index in [9.17, 15) is 0 Å².